The molecule has 5 rings (SSSR count). The number of imidazole rings is 1. The maximum atomic E-state index is 12.4. The smallest absolute Gasteiger partial charge is 0.255 e. The molecule has 1 aromatic carbocycles. The molecule has 2 fully saturated rings. The molecule has 1 atom stereocenters. The molecule has 4 N–H and O–H groups in total. The summed E-state index contributed by atoms with van der Waals surface area (Å²) in [6, 6.07) is 5.51. The number of hydrogen-bond acceptors (Lipinski definition) is 6. The minimum Gasteiger partial charge on any atom is -0.503 e. The second-order valence-corrected chi connectivity index (χ2v) is 8.87. The summed E-state index contributed by atoms with van der Waals surface area (Å²) in [6.07, 6.45) is 5.59. The number of aromatic amines is 1. The number of methoxy groups -OCH3 is 1. The number of benzene rings is 1. The fourth-order valence-electron chi connectivity index (χ4n) is 4.55. The summed E-state index contributed by atoms with van der Waals surface area (Å²) in [5.41, 5.74) is 9.49. The number of allylic oxidation sites excluding steroid dienone is 1. The number of likely N-dealkylation sites (tertiary alicyclic amines) is 1. The van der Waals surface area contributed by atoms with Gasteiger partial charge in [0.25, 0.3) is 5.91 Å². The van der Waals surface area contributed by atoms with Crippen LogP contribution >= 0.6 is 0 Å². The van der Waals surface area contributed by atoms with Gasteiger partial charge in [-0.05, 0) is 43.0 Å². The van der Waals surface area contributed by atoms with Gasteiger partial charge in [0.15, 0.2) is 5.69 Å². The van der Waals surface area contributed by atoms with E-state index < -0.39 is 5.91 Å². The number of fused-ring (bicyclic) bond motifs is 1. The van der Waals surface area contributed by atoms with E-state index in [1.165, 1.54) is 32.3 Å². The minimum atomic E-state index is -0.641. The highest BCUT2D eigenvalue weighted by Crippen LogP contribution is 2.39. The number of ether oxygens (including phenoxy) is 1. The van der Waals surface area contributed by atoms with E-state index in [0.29, 0.717) is 30.4 Å². The summed E-state index contributed by atoms with van der Waals surface area (Å²) in [4.78, 5) is 34.4. The lowest BCUT2D eigenvalue weighted by molar-refractivity contribution is -0.123. The molecule has 0 spiro atoms. The number of carbonyl (C=O) groups excluding carboxylic acids is 2. The highest BCUT2D eigenvalue weighted by atomic mass is 16.5. The second kappa shape index (κ2) is 9.26. The van der Waals surface area contributed by atoms with Crippen LogP contribution in [-0.4, -0.2) is 57.2 Å². The van der Waals surface area contributed by atoms with Gasteiger partial charge < -0.3 is 25.7 Å². The molecule has 1 aliphatic carbocycles. The van der Waals surface area contributed by atoms with Crippen LogP contribution in [0.4, 0.5) is 5.82 Å². The van der Waals surface area contributed by atoms with Crippen LogP contribution in [0.15, 0.2) is 42.8 Å². The largest absolute Gasteiger partial charge is 0.503 e. The zero-order valence-electron chi connectivity index (χ0n) is 20.2. The van der Waals surface area contributed by atoms with E-state index in [9.17, 15) is 9.59 Å². The zero-order valence-corrected chi connectivity index (χ0v) is 20.2. The monoisotopic (exact) mass is 485 g/mol. The van der Waals surface area contributed by atoms with Gasteiger partial charge in [-0.2, -0.15) is 5.10 Å². The highest BCUT2D eigenvalue weighted by molar-refractivity contribution is 6.00. The number of hydrogen-bond donors (Lipinski definition) is 3. The normalized spacial score (nSPS) is 18.2. The Kier molecular flexibility index (Phi) is 5.98. The molecule has 1 saturated carbocycles. The number of rotatable bonds is 6. The van der Waals surface area contributed by atoms with E-state index in [1.807, 2.05) is 18.2 Å². The van der Waals surface area contributed by atoms with Gasteiger partial charge >= 0.3 is 0 Å². The number of amides is 2. The van der Waals surface area contributed by atoms with Gasteiger partial charge in [-0.25, -0.2) is 9.67 Å². The lowest BCUT2D eigenvalue weighted by Crippen LogP contribution is -2.27. The topological polar surface area (TPSA) is 131 Å². The van der Waals surface area contributed by atoms with Crippen molar-refractivity contribution in [1.82, 2.24) is 24.6 Å². The van der Waals surface area contributed by atoms with Gasteiger partial charge in [0.1, 0.15) is 23.5 Å². The SMILES string of the molecule is C=CC(=O)N1C[C@@H](n2nc(C#Cc3ccc4nc(C5CC5)[nH]c4c3)c(C(N)=O)c2NC)C/C1=C\OC. The van der Waals surface area contributed by atoms with Crippen molar-refractivity contribution >= 4 is 28.7 Å². The van der Waals surface area contributed by atoms with Gasteiger partial charge in [0, 0.05) is 31.5 Å². The number of nitrogens with zero attached hydrogens (tertiary/aromatic N) is 4. The summed E-state index contributed by atoms with van der Waals surface area (Å²) < 4.78 is 6.83. The molecule has 1 saturated heterocycles. The predicted octanol–water partition coefficient (Wildman–Crippen LogP) is 2.62. The zero-order chi connectivity index (χ0) is 25.4. The third kappa shape index (κ3) is 4.20. The Hall–Kier alpha value is -4.52. The lowest BCUT2D eigenvalue weighted by atomic mass is 10.1. The van der Waals surface area contributed by atoms with Crippen molar-refractivity contribution in [3.8, 4) is 11.8 Å². The van der Waals surface area contributed by atoms with Crippen molar-refractivity contribution in [3.05, 3.63) is 65.5 Å². The average molecular weight is 486 g/mol. The van der Waals surface area contributed by atoms with E-state index in [0.717, 1.165) is 22.4 Å². The molecule has 0 unspecified atom stereocenters. The fourth-order valence-corrected chi connectivity index (χ4v) is 4.55. The van der Waals surface area contributed by atoms with E-state index in [2.05, 4.69) is 38.8 Å². The van der Waals surface area contributed by atoms with E-state index in [-0.39, 0.29) is 23.2 Å². The number of primary amides is 1. The van der Waals surface area contributed by atoms with Gasteiger partial charge in [-0.15, -0.1) is 0 Å². The van der Waals surface area contributed by atoms with Gasteiger partial charge in [-0.3, -0.25) is 9.59 Å². The molecule has 36 heavy (non-hydrogen) atoms. The average Bonchev–Trinajstić information content (AvgIpc) is 3.33. The Morgan fingerprint density at radius 2 is 2.14 bits per heavy atom. The Labute approximate surface area is 208 Å². The van der Waals surface area contributed by atoms with Crippen LogP contribution in [0.5, 0.6) is 0 Å². The standard InChI is InChI=1S/C26H27N7O3/c1-4-22(34)32-13-17(12-18(32)14-36-3)33-26(28-2)23(24(27)35)20(31-33)10-6-15-5-9-19-21(11-15)30-25(29-19)16-7-8-16/h4-5,9,11,14,16-17,28H,1,7-8,12-13H2,2-3H3,(H2,27,35)(H,29,30)/b18-14+/t17-/m0/s1. The molecule has 1 aliphatic heterocycles. The number of nitrogens with one attached hydrogen (secondary N) is 2. The summed E-state index contributed by atoms with van der Waals surface area (Å²) >= 11 is 0. The van der Waals surface area contributed by atoms with Crippen LogP contribution in [0.2, 0.25) is 0 Å². The molecule has 0 radical (unpaired) electrons. The van der Waals surface area contributed by atoms with Crippen molar-refractivity contribution < 1.29 is 14.3 Å². The molecule has 2 aliphatic rings. The molecule has 184 valence electrons. The Balaban J connectivity index is 1.50. The molecular weight excluding hydrogens is 458 g/mol. The van der Waals surface area contributed by atoms with Crippen molar-refractivity contribution in [3.63, 3.8) is 0 Å². The number of aromatic nitrogens is 4. The Morgan fingerprint density at radius 3 is 2.81 bits per heavy atom. The first kappa shape index (κ1) is 23.2. The van der Waals surface area contributed by atoms with Crippen molar-refractivity contribution in [2.75, 3.05) is 26.0 Å². The fraction of sp³-hybridized carbons (Fsp3) is 0.308. The number of anilines is 1. The molecule has 0 bridgehead atoms. The van der Waals surface area contributed by atoms with Crippen LogP contribution in [-0.2, 0) is 9.53 Å². The van der Waals surface area contributed by atoms with Crippen LogP contribution < -0.4 is 11.1 Å². The van der Waals surface area contributed by atoms with Crippen LogP contribution in [0, 0.1) is 11.8 Å². The second-order valence-electron chi connectivity index (χ2n) is 8.87. The first-order valence-corrected chi connectivity index (χ1v) is 11.7. The number of carbonyl (C=O) groups is 2. The predicted molar refractivity (Wildman–Crippen MR) is 135 cm³/mol. The Bertz CT molecular complexity index is 1470. The van der Waals surface area contributed by atoms with Crippen LogP contribution in [0.25, 0.3) is 11.0 Å². The van der Waals surface area contributed by atoms with Gasteiger partial charge in [0.05, 0.1) is 29.9 Å². The summed E-state index contributed by atoms with van der Waals surface area (Å²) in [5, 5.41) is 7.67. The van der Waals surface area contributed by atoms with Crippen molar-refractivity contribution in [2.45, 2.75) is 31.2 Å². The molecule has 2 amide bonds. The van der Waals surface area contributed by atoms with E-state index in [4.69, 9.17) is 10.5 Å². The molecule has 3 aromatic rings. The number of nitrogens with two attached hydrogens (primary N) is 1. The molecule has 10 heteroatoms. The highest BCUT2D eigenvalue weighted by Gasteiger charge is 2.35. The van der Waals surface area contributed by atoms with E-state index >= 15 is 0 Å². The number of H-pyrrole nitrogens is 1. The minimum absolute atomic E-state index is 0.203. The van der Waals surface area contributed by atoms with Crippen molar-refractivity contribution in [2.24, 2.45) is 5.73 Å². The van der Waals surface area contributed by atoms with Gasteiger partial charge in [-0.1, -0.05) is 12.5 Å². The maximum absolute atomic E-state index is 12.4. The van der Waals surface area contributed by atoms with Gasteiger partial charge in [0.2, 0.25) is 5.91 Å². The third-order valence-electron chi connectivity index (χ3n) is 6.41. The maximum Gasteiger partial charge on any atom is 0.255 e. The quantitative estimate of drug-likeness (QED) is 0.279. The summed E-state index contributed by atoms with van der Waals surface area (Å²) in [7, 11) is 3.21. The molecular formula is C26H27N7O3. The Morgan fingerprint density at radius 1 is 1.33 bits per heavy atom. The third-order valence-corrected chi connectivity index (χ3v) is 6.41. The first-order chi connectivity index (χ1) is 17.4. The van der Waals surface area contributed by atoms with E-state index in [1.54, 1.807) is 16.6 Å². The first-order valence-electron chi connectivity index (χ1n) is 11.7. The molecule has 3 heterocycles. The lowest BCUT2D eigenvalue weighted by Gasteiger charge is -2.16. The molecule has 2 aromatic heterocycles. The summed E-state index contributed by atoms with van der Waals surface area (Å²) in [5.74, 6) is 7.24. The van der Waals surface area contributed by atoms with Crippen molar-refractivity contribution in [1.29, 1.82) is 0 Å². The van der Waals surface area contributed by atoms with Crippen LogP contribution in [0.3, 0.4) is 0 Å². The summed E-state index contributed by atoms with van der Waals surface area (Å²) in [6.45, 7) is 3.91. The van der Waals surface area contributed by atoms with Crippen LogP contribution in [0.1, 0.15) is 58.7 Å². The molecule has 10 nitrogen and oxygen atoms in total.